The van der Waals surface area contributed by atoms with Crippen molar-refractivity contribution in [2.45, 2.75) is 0 Å². The fraction of sp³-hybridized carbons (Fsp3) is 0. The van der Waals surface area contributed by atoms with E-state index in [2.05, 4.69) is 0 Å². The van der Waals surface area contributed by atoms with Crippen molar-refractivity contribution in [3.8, 4) is 23.0 Å². The summed E-state index contributed by atoms with van der Waals surface area (Å²) < 4.78 is 11.4. The van der Waals surface area contributed by atoms with Crippen molar-refractivity contribution in [3.05, 3.63) is 74.5 Å². The summed E-state index contributed by atoms with van der Waals surface area (Å²) in [5.41, 5.74) is 0. The summed E-state index contributed by atoms with van der Waals surface area (Å²) in [4.78, 5) is 0. The topological polar surface area (TPSA) is 18.5 Å². The Morgan fingerprint density at radius 1 is 0.333 bits per heavy atom. The molecule has 0 aliphatic rings. The zero-order chi connectivity index (χ0) is 22.3. The van der Waals surface area contributed by atoms with E-state index in [4.69, 9.17) is 125 Å². The molecule has 3 rings (SSSR count). The maximum atomic E-state index is 6.17. The molecule has 0 saturated carbocycles. The van der Waals surface area contributed by atoms with Crippen molar-refractivity contribution in [2.24, 2.45) is 0 Å². The molecule has 0 atom stereocenters. The molecule has 3 aromatic carbocycles. The number of hydrogen-bond donors (Lipinski definition) is 0. The normalized spacial score (nSPS) is 11.0. The molecule has 0 aromatic heterocycles. The minimum atomic E-state index is 0.0143. The van der Waals surface area contributed by atoms with Gasteiger partial charge in [0, 0.05) is 0 Å². The molecule has 0 amide bonds. The Morgan fingerprint density at radius 2 is 0.533 bits per heavy atom. The number of ether oxygens (including phenoxy) is 2. The van der Waals surface area contributed by atoms with Crippen LogP contribution in [0.5, 0.6) is 23.0 Å². The number of halogens is 10. The van der Waals surface area contributed by atoms with E-state index in [1.807, 2.05) is 0 Å². The van der Waals surface area contributed by atoms with E-state index in [1.54, 1.807) is 24.3 Å². The van der Waals surface area contributed by atoms with Gasteiger partial charge in [-0.05, 0) is 24.3 Å². The number of benzene rings is 3. The van der Waals surface area contributed by atoms with Crippen LogP contribution >= 0.6 is 116 Å². The van der Waals surface area contributed by atoms with E-state index in [1.165, 1.54) is 0 Å². The molecule has 0 aliphatic carbocycles. The first kappa shape index (κ1) is 24.8. The zero-order valence-corrected chi connectivity index (χ0v) is 21.5. The molecule has 0 saturated heterocycles. The minimum absolute atomic E-state index is 0.0143. The molecule has 158 valence electrons. The lowest BCUT2D eigenvalue weighted by Crippen LogP contribution is -1.91. The second-order valence-corrected chi connectivity index (χ2v) is 9.25. The fourth-order valence-electron chi connectivity index (χ4n) is 2.16. The Hall–Kier alpha value is 0.160. The number of hydrogen-bond acceptors (Lipinski definition) is 2. The van der Waals surface area contributed by atoms with Crippen LogP contribution in [0.25, 0.3) is 0 Å². The number of rotatable bonds is 4. The molecule has 30 heavy (non-hydrogen) atoms. The molecule has 12 heteroatoms. The first-order chi connectivity index (χ1) is 14.0. The molecule has 0 heterocycles. The van der Waals surface area contributed by atoms with Crippen LogP contribution in [0.2, 0.25) is 50.2 Å². The molecular formula is C18H4Cl10O2. The third-order valence-corrected chi connectivity index (χ3v) is 8.09. The van der Waals surface area contributed by atoms with Crippen LogP contribution in [-0.4, -0.2) is 0 Å². The third kappa shape index (κ3) is 4.75. The molecule has 0 N–H and O–H groups in total. The molecule has 0 radical (unpaired) electrons. The molecule has 0 bridgehead atoms. The second kappa shape index (κ2) is 9.97. The Morgan fingerprint density at radius 3 is 0.767 bits per heavy atom. The van der Waals surface area contributed by atoms with Crippen molar-refractivity contribution in [2.75, 3.05) is 0 Å². The van der Waals surface area contributed by atoms with Gasteiger partial charge in [0.1, 0.15) is 31.6 Å². The largest absolute Gasteiger partial charge is 0.454 e. The smallest absolute Gasteiger partial charge is 0.167 e. The van der Waals surface area contributed by atoms with Gasteiger partial charge >= 0.3 is 0 Å². The van der Waals surface area contributed by atoms with Gasteiger partial charge in [-0.2, -0.15) is 0 Å². The highest BCUT2D eigenvalue weighted by Gasteiger charge is 2.22. The van der Waals surface area contributed by atoms with Gasteiger partial charge in [-0.3, -0.25) is 0 Å². The van der Waals surface area contributed by atoms with E-state index in [9.17, 15) is 0 Å². The summed E-state index contributed by atoms with van der Waals surface area (Å²) in [5, 5.41) is 0.178. The Balaban J connectivity index is 1.90. The van der Waals surface area contributed by atoms with Crippen molar-refractivity contribution in [1.29, 1.82) is 0 Å². The van der Waals surface area contributed by atoms with Crippen LogP contribution in [-0.2, 0) is 0 Å². The van der Waals surface area contributed by atoms with Crippen LogP contribution in [0.4, 0.5) is 0 Å². The van der Waals surface area contributed by atoms with Gasteiger partial charge in [-0.1, -0.05) is 116 Å². The minimum Gasteiger partial charge on any atom is -0.454 e. The average molecular weight is 607 g/mol. The first-order valence-corrected chi connectivity index (χ1v) is 11.3. The summed E-state index contributed by atoms with van der Waals surface area (Å²) >= 11 is 60.8. The van der Waals surface area contributed by atoms with Crippen molar-refractivity contribution in [1.82, 2.24) is 0 Å². The molecule has 0 aliphatic heterocycles. The Kier molecular flexibility index (Phi) is 8.24. The molecular weight excluding hydrogens is 603 g/mol. The Bertz CT molecular complexity index is 997. The summed E-state index contributed by atoms with van der Waals surface area (Å²) in [6.07, 6.45) is 0. The maximum absolute atomic E-state index is 6.17. The van der Waals surface area contributed by atoms with E-state index in [0.29, 0.717) is 11.5 Å². The van der Waals surface area contributed by atoms with Crippen molar-refractivity contribution >= 4 is 116 Å². The maximum Gasteiger partial charge on any atom is 0.167 e. The highest BCUT2D eigenvalue weighted by atomic mass is 35.5. The van der Waals surface area contributed by atoms with Gasteiger partial charge in [-0.15, -0.1) is 0 Å². The summed E-state index contributed by atoms with van der Waals surface area (Å²) in [6, 6.07) is 6.28. The van der Waals surface area contributed by atoms with Crippen LogP contribution < -0.4 is 9.47 Å². The van der Waals surface area contributed by atoms with Crippen LogP contribution in [0, 0.1) is 0 Å². The van der Waals surface area contributed by atoms with Gasteiger partial charge in [0.2, 0.25) is 0 Å². The van der Waals surface area contributed by atoms with E-state index >= 15 is 0 Å². The van der Waals surface area contributed by atoms with Crippen LogP contribution in [0.3, 0.4) is 0 Å². The Labute approximate surface area is 221 Å². The van der Waals surface area contributed by atoms with Gasteiger partial charge in [-0.25, -0.2) is 0 Å². The third-order valence-electron chi connectivity index (χ3n) is 3.60. The van der Waals surface area contributed by atoms with E-state index in [0.717, 1.165) is 0 Å². The quantitative estimate of drug-likeness (QED) is 0.217. The summed E-state index contributed by atoms with van der Waals surface area (Å²) in [5.74, 6) is 0.803. The van der Waals surface area contributed by atoms with Crippen molar-refractivity contribution < 1.29 is 9.47 Å². The SMILES string of the molecule is Clc1c(Cl)c(Cl)c(Oc2ccc(Oc3c(Cl)c(Cl)c(Cl)c(Cl)c3Cl)cc2)c(Cl)c1Cl. The molecule has 0 unspecified atom stereocenters. The predicted molar refractivity (Wildman–Crippen MR) is 130 cm³/mol. The van der Waals surface area contributed by atoms with Crippen LogP contribution in [0.15, 0.2) is 24.3 Å². The predicted octanol–water partition coefficient (Wildman–Crippen LogP) is 11.8. The average Bonchev–Trinajstić information content (AvgIpc) is 2.75. The standard InChI is InChI=1S/C18H4Cl10O2/c19-7-9(21)13(25)17(14(26)10(7)22)29-5-1-2-6(4-3-5)30-18-15(27)11(23)8(20)12(24)16(18)28/h1-4H. The summed E-state index contributed by atoms with van der Waals surface area (Å²) in [7, 11) is 0. The molecule has 2 nitrogen and oxygen atoms in total. The van der Waals surface area contributed by atoms with Gasteiger partial charge in [0.05, 0.1) is 30.1 Å². The molecule has 0 fully saturated rings. The molecule has 3 aromatic rings. The second-order valence-electron chi connectivity index (χ2n) is 5.47. The lowest BCUT2D eigenvalue weighted by molar-refractivity contribution is 0.470. The lowest BCUT2D eigenvalue weighted by Gasteiger charge is -2.15. The highest BCUT2D eigenvalue weighted by molar-refractivity contribution is 6.56. The molecule has 0 spiro atoms. The highest BCUT2D eigenvalue weighted by Crippen LogP contribution is 2.51. The fourth-order valence-corrected chi connectivity index (χ4v) is 4.56. The van der Waals surface area contributed by atoms with Gasteiger partial charge < -0.3 is 9.47 Å². The monoisotopic (exact) mass is 602 g/mol. The van der Waals surface area contributed by atoms with Crippen LogP contribution in [0.1, 0.15) is 0 Å². The van der Waals surface area contributed by atoms with Gasteiger partial charge in [0.15, 0.2) is 11.5 Å². The van der Waals surface area contributed by atoms with Gasteiger partial charge in [0.25, 0.3) is 0 Å². The lowest BCUT2D eigenvalue weighted by atomic mass is 10.3. The zero-order valence-electron chi connectivity index (χ0n) is 13.9. The van der Waals surface area contributed by atoms with E-state index < -0.39 is 0 Å². The van der Waals surface area contributed by atoms with Crippen molar-refractivity contribution in [3.63, 3.8) is 0 Å². The first-order valence-electron chi connectivity index (χ1n) is 7.53. The van der Waals surface area contributed by atoms with E-state index in [-0.39, 0.29) is 61.7 Å². The summed E-state index contributed by atoms with van der Waals surface area (Å²) in [6.45, 7) is 0.